The highest BCUT2D eigenvalue weighted by molar-refractivity contribution is 7.81. The lowest BCUT2D eigenvalue weighted by Gasteiger charge is -2.05. The molecule has 0 radical (unpaired) electrons. The Kier molecular flexibility index (Phi) is 4.27. The predicted octanol–water partition coefficient (Wildman–Crippen LogP) is 0.507. The molecule has 0 amide bonds. The van der Waals surface area contributed by atoms with Gasteiger partial charge in [-0.1, -0.05) is 0 Å². The molecular weight excluding hydrogens is 340 g/mol. The second-order valence-corrected chi connectivity index (χ2v) is 5.82. The number of nitrogens with zero attached hydrogens (tertiary/aromatic N) is 2. The van der Waals surface area contributed by atoms with Gasteiger partial charge in [0.05, 0.1) is 11.4 Å². The van der Waals surface area contributed by atoms with Crippen LogP contribution < -0.4 is 8.37 Å². The maximum Gasteiger partial charge on any atom is 0.446 e. The molecule has 2 N–H and O–H groups in total. The van der Waals surface area contributed by atoms with Crippen LogP contribution in [0.4, 0.5) is 0 Å². The average Bonchev–Trinajstić information content (AvgIpc) is 2.35. The highest BCUT2D eigenvalue weighted by Gasteiger charge is 2.12. The summed E-state index contributed by atoms with van der Waals surface area (Å²) in [5, 5.41) is 0. The summed E-state index contributed by atoms with van der Waals surface area (Å²) in [5.41, 5.74) is 0.226. The minimum atomic E-state index is -4.69. The summed E-state index contributed by atoms with van der Waals surface area (Å²) in [6, 6.07) is 4.65. The standard InChI is InChI=1S/C10H8N2O8S2/c13-21(14,15)19-7-1-3-11-9(5-7)10-6-8(2-4-12-10)20-22(16,17)18/h1-6H,(H,13,14,15)(H,16,17,18). The first-order valence-corrected chi connectivity index (χ1v) is 8.12. The van der Waals surface area contributed by atoms with Crippen LogP contribution in [0.2, 0.25) is 0 Å². The van der Waals surface area contributed by atoms with Crippen molar-refractivity contribution in [3.8, 4) is 22.9 Å². The molecule has 0 bridgehead atoms. The van der Waals surface area contributed by atoms with E-state index in [0.717, 1.165) is 12.1 Å². The summed E-state index contributed by atoms with van der Waals surface area (Å²) >= 11 is 0. The molecule has 0 saturated heterocycles. The van der Waals surface area contributed by atoms with Gasteiger partial charge >= 0.3 is 20.8 Å². The van der Waals surface area contributed by atoms with Gasteiger partial charge in [0.1, 0.15) is 11.5 Å². The second-order valence-electron chi connectivity index (χ2n) is 3.78. The predicted molar refractivity (Wildman–Crippen MR) is 71.8 cm³/mol. The smallest absolute Gasteiger partial charge is 0.362 e. The van der Waals surface area contributed by atoms with E-state index in [1.54, 1.807) is 0 Å². The molecule has 0 atom stereocenters. The van der Waals surface area contributed by atoms with Crippen molar-refractivity contribution in [3.63, 3.8) is 0 Å². The molecule has 0 spiro atoms. The Bertz CT molecular complexity index is 819. The summed E-state index contributed by atoms with van der Waals surface area (Å²) in [4.78, 5) is 7.78. The fourth-order valence-corrected chi connectivity index (χ4v) is 2.14. The summed E-state index contributed by atoms with van der Waals surface area (Å²) in [5.74, 6) is -0.453. The molecule has 0 saturated carbocycles. The largest absolute Gasteiger partial charge is 0.446 e. The SMILES string of the molecule is O=S(=O)(O)Oc1ccnc(-c2cc(OS(=O)(=O)O)ccn2)c1. The minimum Gasteiger partial charge on any atom is -0.362 e. The molecule has 118 valence electrons. The van der Waals surface area contributed by atoms with Crippen LogP contribution in [0.15, 0.2) is 36.7 Å². The zero-order valence-electron chi connectivity index (χ0n) is 10.5. The fourth-order valence-electron chi connectivity index (χ4n) is 1.45. The Balaban J connectivity index is 2.36. The Morgan fingerprint density at radius 3 is 1.45 bits per heavy atom. The molecule has 12 heteroatoms. The van der Waals surface area contributed by atoms with Gasteiger partial charge in [-0.15, -0.1) is 0 Å². The Labute approximate surface area is 125 Å². The van der Waals surface area contributed by atoms with Crippen LogP contribution in [0.25, 0.3) is 11.4 Å². The van der Waals surface area contributed by atoms with Gasteiger partial charge in [0, 0.05) is 36.7 Å². The highest BCUT2D eigenvalue weighted by atomic mass is 32.3. The van der Waals surface area contributed by atoms with Crippen molar-refractivity contribution in [2.45, 2.75) is 0 Å². The van der Waals surface area contributed by atoms with Gasteiger partial charge in [-0.25, -0.2) is 0 Å². The summed E-state index contributed by atoms with van der Waals surface area (Å²) < 4.78 is 68.3. The van der Waals surface area contributed by atoms with E-state index in [1.165, 1.54) is 24.5 Å². The molecule has 0 fully saturated rings. The maximum absolute atomic E-state index is 10.6. The van der Waals surface area contributed by atoms with Gasteiger partial charge in [0.2, 0.25) is 0 Å². The van der Waals surface area contributed by atoms with Crippen molar-refractivity contribution >= 4 is 20.8 Å². The van der Waals surface area contributed by atoms with Gasteiger partial charge in [-0.2, -0.15) is 16.8 Å². The Morgan fingerprint density at radius 1 is 0.773 bits per heavy atom. The molecule has 0 unspecified atom stereocenters. The number of hydrogen-bond acceptors (Lipinski definition) is 8. The lowest BCUT2D eigenvalue weighted by atomic mass is 10.2. The van der Waals surface area contributed by atoms with Gasteiger partial charge in [-0.05, 0) is 0 Å². The minimum absolute atomic E-state index is 0.113. The van der Waals surface area contributed by atoms with E-state index < -0.39 is 20.8 Å². The maximum atomic E-state index is 10.6. The zero-order valence-corrected chi connectivity index (χ0v) is 12.2. The van der Waals surface area contributed by atoms with E-state index >= 15 is 0 Å². The molecule has 2 aromatic rings. The first-order chi connectivity index (χ1) is 10.1. The third kappa shape index (κ3) is 4.92. The van der Waals surface area contributed by atoms with Crippen molar-refractivity contribution in [2.75, 3.05) is 0 Å². The molecular formula is C10H8N2O8S2. The van der Waals surface area contributed by atoms with Gasteiger partial charge < -0.3 is 8.37 Å². The summed E-state index contributed by atoms with van der Waals surface area (Å²) in [7, 11) is -9.39. The fraction of sp³-hybridized carbons (Fsp3) is 0. The van der Waals surface area contributed by atoms with E-state index in [4.69, 9.17) is 9.11 Å². The van der Waals surface area contributed by atoms with E-state index in [-0.39, 0.29) is 22.9 Å². The molecule has 0 aliphatic heterocycles. The normalized spacial score (nSPS) is 11.9. The Hall–Kier alpha value is -2.28. The van der Waals surface area contributed by atoms with Gasteiger partial charge in [-0.3, -0.25) is 19.1 Å². The number of pyridine rings is 2. The van der Waals surface area contributed by atoms with Crippen LogP contribution in [0.3, 0.4) is 0 Å². The van der Waals surface area contributed by atoms with Crippen LogP contribution in [0.1, 0.15) is 0 Å². The topological polar surface area (TPSA) is 153 Å². The molecule has 22 heavy (non-hydrogen) atoms. The van der Waals surface area contributed by atoms with E-state index in [0.29, 0.717) is 0 Å². The van der Waals surface area contributed by atoms with Gasteiger partial charge in [0.25, 0.3) is 0 Å². The van der Waals surface area contributed by atoms with Gasteiger partial charge in [0.15, 0.2) is 0 Å². The molecule has 0 aliphatic rings. The molecule has 0 aromatic carbocycles. The van der Waals surface area contributed by atoms with Crippen molar-refractivity contribution in [1.29, 1.82) is 0 Å². The van der Waals surface area contributed by atoms with Crippen molar-refractivity contribution in [2.24, 2.45) is 0 Å². The van der Waals surface area contributed by atoms with Crippen LogP contribution in [0, 0.1) is 0 Å². The molecule has 2 aromatic heterocycles. The molecule has 10 nitrogen and oxygen atoms in total. The van der Waals surface area contributed by atoms with Crippen LogP contribution in [-0.4, -0.2) is 35.9 Å². The monoisotopic (exact) mass is 348 g/mol. The van der Waals surface area contributed by atoms with Crippen LogP contribution in [-0.2, 0) is 20.8 Å². The molecule has 2 heterocycles. The number of hydrogen-bond donors (Lipinski definition) is 2. The first-order valence-electron chi connectivity index (χ1n) is 5.39. The van der Waals surface area contributed by atoms with Crippen LogP contribution in [0.5, 0.6) is 11.5 Å². The van der Waals surface area contributed by atoms with E-state index in [2.05, 4.69) is 18.3 Å². The lowest BCUT2D eigenvalue weighted by molar-refractivity contribution is 0.384. The van der Waals surface area contributed by atoms with Crippen molar-refractivity contribution < 1.29 is 34.3 Å². The summed E-state index contributed by atoms with van der Waals surface area (Å²) in [6.07, 6.45) is 2.38. The zero-order chi connectivity index (χ0) is 16.4. The lowest BCUT2D eigenvalue weighted by Crippen LogP contribution is -2.07. The third-order valence-electron chi connectivity index (χ3n) is 2.13. The quantitative estimate of drug-likeness (QED) is 0.730. The molecule has 2 rings (SSSR count). The molecule has 0 aliphatic carbocycles. The third-order valence-corrected chi connectivity index (χ3v) is 2.93. The highest BCUT2D eigenvalue weighted by Crippen LogP contribution is 2.24. The number of aromatic nitrogens is 2. The van der Waals surface area contributed by atoms with E-state index in [9.17, 15) is 16.8 Å². The average molecular weight is 348 g/mol. The van der Waals surface area contributed by atoms with Crippen LogP contribution >= 0.6 is 0 Å². The van der Waals surface area contributed by atoms with Crippen molar-refractivity contribution in [3.05, 3.63) is 36.7 Å². The first kappa shape index (κ1) is 16.1. The summed E-state index contributed by atoms with van der Waals surface area (Å²) in [6.45, 7) is 0. The van der Waals surface area contributed by atoms with E-state index in [1.807, 2.05) is 0 Å². The number of rotatable bonds is 5. The van der Waals surface area contributed by atoms with Crippen molar-refractivity contribution in [1.82, 2.24) is 9.97 Å². The Morgan fingerprint density at radius 2 is 1.14 bits per heavy atom. The second kappa shape index (κ2) is 5.84.